The monoisotopic (exact) mass is 1240 g/mol. The molecular formula is C88H94BN3S. The van der Waals surface area contributed by atoms with Gasteiger partial charge in [-0.2, -0.15) is 0 Å². The van der Waals surface area contributed by atoms with Gasteiger partial charge in [-0.1, -0.05) is 221 Å². The van der Waals surface area contributed by atoms with E-state index in [-0.39, 0.29) is 55.6 Å². The SMILES string of the molecule is CC(C)(C)c1ccc(-c2ccc3c(c2)C2(C)CCCCC2(C)N3c2cc3c4c(c2)N(c2cccc5sc6ccccc6c25)c2cc5c(cc2B4c2cc4c(cc2N3c2ccc3c(c2)C(C)(C)CCC3(C)C)C(C)(C)CCC4(C)C)C(C)(C)c2ccccc2C5(C)C)cc1. The van der Waals surface area contributed by atoms with Gasteiger partial charge in [0.15, 0.2) is 0 Å². The van der Waals surface area contributed by atoms with Crippen LogP contribution in [0, 0.1) is 0 Å². The van der Waals surface area contributed by atoms with Crippen LogP contribution in [-0.2, 0) is 43.3 Å². The Morgan fingerprint density at radius 2 is 0.914 bits per heavy atom. The van der Waals surface area contributed by atoms with Crippen molar-refractivity contribution in [1.82, 2.24) is 0 Å². The lowest BCUT2D eigenvalue weighted by atomic mass is 9.32. The maximum absolute atomic E-state index is 2.90. The Morgan fingerprint density at radius 3 is 1.58 bits per heavy atom. The fourth-order valence-corrected chi connectivity index (χ4v) is 20.9. The van der Waals surface area contributed by atoms with E-state index in [1.165, 1.54) is 168 Å². The average Bonchev–Trinajstić information content (AvgIpc) is 0.912. The second-order valence-corrected chi connectivity index (χ2v) is 36.0. The molecular weight excluding hydrogens is 1140 g/mol. The summed E-state index contributed by atoms with van der Waals surface area (Å²) in [5, 5.41) is 2.65. The van der Waals surface area contributed by atoms with E-state index in [0.717, 1.165) is 32.1 Å². The second-order valence-electron chi connectivity index (χ2n) is 34.9. The second kappa shape index (κ2) is 19.2. The van der Waals surface area contributed by atoms with Crippen molar-refractivity contribution in [2.24, 2.45) is 0 Å². The van der Waals surface area contributed by atoms with Crippen molar-refractivity contribution in [3.63, 3.8) is 0 Å². The molecule has 9 aromatic carbocycles. The van der Waals surface area contributed by atoms with Gasteiger partial charge in [-0.05, 0) is 222 Å². The van der Waals surface area contributed by atoms with Crippen LogP contribution in [0.2, 0.25) is 0 Å². The lowest BCUT2D eigenvalue weighted by Crippen LogP contribution is -2.62. The summed E-state index contributed by atoms with van der Waals surface area (Å²) >= 11 is 1.93. The Kier molecular flexibility index (Phi) is 12.3. The molecule has 1 saturated carbocycles. The molecule has 2 atom stereocenters. The van der Waals surface area contributed by atoms with Crippen molar-refractivity contribution in [2.75, 3.05) is 14.7 Å². The highest BCUT2D eigenvalue weighted by atomic mass is 32.1. The highest BCUT2D eigenvalue weighted by molar-refractivity contribution is 7.26. The van der Waals surface area contributed by atoms with E-state index >= 15 is 0 Å². The van der Waals surface area contributed by atoms with Crippen molar-refractivity contribution >= 4 is 100 Å². The molecule has 1 aromatic heterocycles. The van der Waals surface area contributed by atoms with Crippen LogP contribution in [0.25, 0.3) is 31.3 Å². The zero-order valence-corrected chi connectivity index (χ0v) is 59.4. The Balaban J connectivity index is 1.03. The van der Waals surface area contributed by atoms with E-state index in [4.69, 9.17) is 0 Å². The van der Waals surface area contributed by atoms with Gasteiger partial charge in [-0.15, -0.1) is 11.3 Å². The minimum Gasteiger partial charge on any atom is -0.334 e. The third-order valence-electron chi connectivity index (χ3n) is 25.9. The van der Waals surface area contributed by atoms with E-state index in [1.54, 1.807) is 0 Å². The number of benzene rings is 9. The molecule has 7 aliphatic rings. The van der Waals surface area contributed by atoms with Crippen LogP contribution in [-0.4, -0.2) is 12.3 Å². The van der Waals surface area contributed by atoms with Gasteiger partial charge >= 0.3 is 0 Å². The molecule has 0 radical (unpaired) electrons. The summed E-state index contributed by atoms with van der Waals surface area (Å²) in [6.07, 6.45) is 9.30. The van der Waals surface area contributed by atoms with Crippen molar-refractivity contribution in [1.29, 1.82) is 0 Å². The van der Waals surface area contributed by atoms with Gasteiger partial charge in [0.25, 0.3) is 6.71 Å². The molecule has 10 aromatic rings. The zero-order valence-electron chi connectivity index (χ0n) is 58.6. The molecule has 5 heteroatoms. The lowest BCUT2D eigenvalue weighted by Gasteiger charge is -2.52. The van der Waals surface area contributed by atoms with E-state index in [0.29, 0.717) is 0 Å². The number of anilines is 8. The Bertz CT molecular complexity index is 4860. The van der Waals surface area contributed by atoms with Gasteiger partial charge < -0.3 is 14.7 Å². The van der Waals surface area contributed by atoms with Gasteiger partial charge in [-0.25, -0.2) is 0 Å². The maximum atomic E-state index is 2.90. The maximum Gasteiger partial charge on any atom is 0.252 e. The predicted octanol–water partition coefficient (Wildman–Crippen LogP) is 22.5. The van der Waals surface area contributed by atoms with E-state index in [9.17, 15) is 0 Å². The van der Waals surface area contributed by atoms with Crippen LogP contribution < -0.4 is 31.1 Å². The summed E-state index contributed by atoms with van der Waals surface area (Å²) in [6.45, 7) is 42.3. The molecule has 17 rings (SSSR count). The largest absolute Gasteiger partial charge is 0.334 e. The van der Waals surface area contributed by atoms with Crippen LogP contribution in [0.4, 0.5) is 45.5 Å². The van der Waals surface area contributed by atoms with E-state index < -0.39 is 0 Å². The third-order valence-corrected chi connectivity index (χ3v) is 27.1. The Labute approximate surface area is 559 Å². The molecule has 0 N–H and O–H groups in total. The minimum absolute atomic E-state index is 0.00789. The standard InChI is InChI=1S/C88H94BN3S/c1-80(2,3)55-34-31-53(32-35-55)54-33-38-70-67(45-54)87(16)39-22-23-40-88(87,17)92(70)57-47-74-79-75(48-57)91(71-28-24-30-77-78(71)58-25-18-21-29-76(58)93-77)73-52-66-65(85(12,13)60-26-19-20-27-61(60)86(66,14)15)50-69(73)89(79)68-49-63-64(84(10,11)44-43-83(63,8)9)51-72(68)90(74)56-36-37-59-62(46-56)82(6,7)42-41-81(59,4)5/h18-21,24-38,45-52H,22-23,39-44H2,1-17H3. The molecule has 1 fully saturated rings. The van der Waals surface area contributed by atoms with Crippen molar-refractivity contribution < 1.29 is 0 Å². The first-order chi connectivity index (χ1) is 43.9. The summed E-state index contributed by atoms with van der Waals surface area (Å²) in [5.41, 5.74) is 31.0. The smallest absolute Gasteiger partial charge is 0.252 e. The molecule has 0 spiro atoms. The Morgan fingerprint density at radius 1 is 0.376 bits per heavy atom. The molecule has 3 nitrogen and oxygen atoms in total. The van der Waals surface area contributed by atoms with Gasteiger partial charge in [-0.3, -0.25) is 0 Å². The number of nitrogens with zero attached hydrogens (tertiary/aromatic N) is 3. The fourth-order valence-electron chi connectivity index (χ4n) is 19.8. The molecule has 4 aliphatic carbocycles. The summed E-state index contributed by atoms with van der Waals surface area (Å²) in [7, 11) is 0. The van der Waals surface area contributed by atoms with E-state index in [1.807, 2.05) is 11.3 Å². The Hall–Kier alpha value is -7.34. The molecule has 0 saturated heterocycles. The molecule has 93 heavy (non-hydrogen) atoms. The first kappa shape index (κ1) is 59.4. The number of thiophene rings is 1. The molecule has 0 bridgehead atoms. The molecule has 2 unspecified atom stereocenters. The van der Waals surface area contributed by atoms with Crippen molar-refractivity contribution in [3.05, 3.63) is 219 Å². The van der Waals surface area contributed by atoms with Gasteiger partial charge in [0.2, 0.25) is 0 Å². The van der Waals surface area contributed by atoms with Crippen molar-refractivity contribution in [2.45, 2.75) is 218 Å². The average molecular weight is 1240 g/mol. The number of rotatable bonds is 4. The summed E-state index contributed by atoms with van der Waals surface area (Å²) < 4.78 is 2.65. The highest BCUT2D eigenvalue weighted by Gasteiger charge is 2.59. The van der Waals surface area contributed by atoms with Crippen LogP contribution in [0.5, 0.6) is 0 Å². The van der Waals surface area contributed by atoms with Gasteiger partial charge in [0, 0.05) is 76.2 Å². The van der Waals surface area contributed by atoms with Crippen LogP contribution in [0.3, 0.4) is 0 Å². The van der Waals surface area contributed by atoms with Gasteiger partial charge in [0.1, 0.15) is 0 Å². The number of hydrogen-bond donors (Lipinski definition) is 0. The summed E-state index contributed by atoms with van der Waals surface area (Å²) in [5.74, 6) is 0. The number of hydrogen-bond acceptors (Lipinski definition) is 4. The third kappa shape index (κ3) is 8.14. The summed E-state index contributed by atoms with van der Waals surface area (Å²) in [4.78, 5) is 8.53. The topological polar surface area (TPSA) is 9.72 Å². The van der Waals surface area contributed by atoms with E-state index in [2.05, 4.69) is 296 Å². The molecule has 4 heterocycles. The predicted molar refractivity (Wildman–Crippen MR) is 402 cm³/mol. The minimum atomic E-state index is -0.270. The highest BCUT2D eigenvalue weighted by Crippen LogP contribution is 2.64. The molecule has 0 amide bonds. The first-order valence-corrected chi connectivity index (χ1v) is 36.1. The van der Waals surface area contributed by atoms with Crippen molar-refractivity contribution in [3.8, 4) is 11.1 Å². The zero-order chi connectivity index (χ0) is 64.9. The lowest BCUT2D eigenvalue weighted by molar-refractivity contribution is 0.195. The molecule has 470 valence electrons. The number of fused-ring (bicyclic) bond motifs is 14. The van der Waals surface area contributed by atoms with Gasteiger partial charge in [0.05, 0.1) is 11.2 Å². The summed E-state index contributed by atoms with van der Waals surface area (Å²) in [6, 6.07) is 67.0. The van der Waals surface area contributed by atoms with Crippen LogP contribution >= 0.6 is 11.3 Å². The quantitative estimate of drug-likeness (QED) is 0.163. The first-order valence-electron chi connectivity index (χ1n) is 35.3. The fraction of sp³-hybridized carbons (Fsp3) is 0.386. The molecule has 3 aliphatic heterocycles. The van der Waals surface area contributed by atoms with Crippen LogP contribution in [0.15, 0.2) is 164 Å². The van der Waals surface area contributed by atoms with Crippen LogP contribution in [0.1, 0.15) is 225 Å². The normalized spacial score (nSPS) is 22.6.